The zero-order valence-corrected chi connectivity index (χ0v) is 60.0. The van der Waals surface area contributed by atoms with Gasteiger partial charge in [0.2, 0.25) is 0 Å². The second-order valence-electron chi connectivity index (χ2n) is 24.5. The normalized spacial score (nSPS) is 14.4. The van der Waals surface area contributed by atoms with Crippen molar-refractivity contribution in [2.45, 2.75) is 341 Å². The van der Waals surface area contributed by atoms with Gasteiger partial charge in [-0.15, -0.1) is 0 Å². The quantitative estimate of drug-likeness (QED) is 0.0169. The van der Waals surface area contributed by atoms with Crippen LogP contribution < -0.4 is 0 Å². The van der Waals surface area contributed by atoms with Crippen LogP contribution in [-0.4, -0.2) is 96.7 Å². The van der Waals surface area contributed by atoms with Gasteiger partial charge < -0.3 is 33.8 Å². The number of rotatable bonds is 69. The van der Waals surface area contributed by atoms with Crippen LogP contribution in [-0.2, 0) is 65.4 Å². The first-order valence-electron chi connectivity index (χ1n) is 36.5. The molecule has 0 heterocycles. The summed E-state index contributed by atoms with van der Waals surface area (Å²) in [6.45, 7) is 4.74. The first-order chi connectivity index (χ1) is 44.7. The fraction of sp³-hybridized carbons (Fsp3) is 0.808. The molecule has 17 nitrogen and oxygen atoms in total. The van der Waals surface area contributed by atoms with Gasteiger partial charge in [0, 0.05) is 25.7 Å². The lowest BCUT2D eigenvalue weighted by molar-refractivity contribution is -0.161. The second-order valence-corrected chi connectivity index (χ2v) is 27.4. The lowest BCUT2D eigenvalue weighted by Crippen LogP contribution is -2.30. The molecule has 0 saturated heterocycles. The van der Waals surface area contributed by atoms with Gasteiger partial charge in [-0.25, -0.2) is 9.13 Å². The zero-order chi connectivity index (χ0) is 67.5. The molecule has 0 aromatic rings. The number of aliphatic hydroxyl groups excluding tert-OH is 1. The molecule has 3 N–H and O–H groups in total. The molecule has 0 radical (unpaired) electrons. The van der Waals surface area contributed by atoms with Crippen LogP contribution in [0.3, 0.4) is 0 Å². The van der Waals surface area contributed by atoms with Crippen molar-refractivity contribution in [3.63, 3.8) is 0 Å². The molecule has 5 unspecified atom stereocenters. The Kier molecular flexibility index (Phi) is 64.0. The molecule has 0 saturated carbocycles. The molecule has 0 rings (SSSR count). The topological polar surface area (TPSA) is 237 Å². The highest BCUT2D eigenvalue weighted by Crippen LogP contribution is 2.45. The summed E-state index contributed by atoms with van der Waals surface area (Å²) in [6, 6.07) is 0. The summed E-state index contributed by atoms with van der Waals surface area (Å²) in [6.07, 6.45) is 62.3. The largest absolute Gasteiger partial charge is 0.472 e. The molecule has 0 spiro atoms. The summed E-state index contributed by atoms with van der Waals surface area (Å²) >= 11 is 0. The number of phosphoric acid groups is 2. The van der Waals surface area contributed by atoms with Crippen LogP contribution >= 0.6 is 15.6 Å². The predicted octanol–water partition coefficient (Wildman–Crippen LogP) is 20.3. The number of carbonyl (C=O) groups is 4. The molecular weight excluding hydrogens is 1210 g/mol. The smallest absolute Gasteiger partial charge is 0.462 e. The van der Waals surface area contributed by atoms with Crippen molar-refractivity contribution in [1.29, 1.82) is 0 Å². The molecule has 0 aliphatic rings. The summed E-state index contributed by atoms with van der Waals surface area (Å²) < 4.78 is 68.2. The first kappa shape index (κ1) is 88.8. The number of ether oxygens (including phenoxy) is 4. The van der Waals surface area contributed by atoms with Crippen molar-refractivity contribution >= 4 is 39.5 Å². The molecule has 19 heteroatoms. The summed E-state index contributed by atoms with van der Waals surface area (Å²) in [5.74, 6) is -2.20. The molecule has 92 heavy (non-hydrogen) atoms. The van der Waals surface area contributed by atoms with Gasteiger partial charge >= 0.3 is 39.5 Å². The number of carbonyl (C=O) groups excluding carboxylic acids is 4. The molecule has 5 atom stereocenters. The fourth-order valence-electron chi connectivity index (χ4n) is 9.74. The number of esters is 4. The fourth-order valence-corrected chi connectivity index (χ4v) is 11.3. The van der Waals surface area contributed by atoms with Crippen molar-refractivity contribution in [2.75, 3.05) is 39.6 Å². The highest BCUT2D eigenvalue weighted by molar-refractivity contribution is 7.47. The maximum atomic E-state index is 13.0. The van der Waals surface area contributed by atoms with E-state index in [1.807, 2.05) is 0 Å². The van der Waals surface area contributed by atoms with Crippen molar-refractivity contribution in [1.82, 2.24) is 0 Å². The third kappa shape index (κ3) is 65.4. The van der Waals surface area contributed by atoms with Crippen LogP contribution in [0.4, 0.5) is 0 Å². The van der Waals surface area contributed by atoms with Crippen LogP contribution in [0.25, 0.3) is 0 Å². The average Bonchev–Trinajstić information content (AvgIpc) is 2.46. The number of hydrogen-bond acceptors (Lipinski definition) is 15. The van der Waals surface area contributed by atoms with Crippen LogP contribution in [0.5, 0.6) is 0 Å². The lowest BCUT2D eigenvalue weighted by atomic mass is 10.1. The maximum absolute atomic E-state index is 13.0. The lowest BCUT2D eigenvalue weighted by Gasteiger charge is -2.21. The van der Waals surface area contributed by atoms with E-state index in [9.17, 15) is 43.2 Å². The van der Waals surface area contributed by atoms with E-state index in [0.717, 1.165) is 161 Å². The molecule has 0 aromatic heterocycles. The van der Waals surface area contributed by atoms with E-state index in [2.05, 4.69) is 88.5 Å². The van der Waals surface area contributed by atoms with E-state index in [0.29, 0.717) is 25.7 Å². The Bertz CT molecular complexity index is 1990. The number of hydrogen-bond donors (Lipinski definition) is 3. The standard InChI is InChI=1S/C73H132O17P2/c1-5-9-13-17-21-25-29-31-33-35-39-41-45-49-53-57-70(75)83-63-68(89-72(77)59-55-51-47-43-37-27-23-19-15-11-7-3)65-87-91(79,80)85-61-67(74)62-86-92(81,82)88-66-69(90-73(78)60-56-52-48-44-38-28-24-20-16-12-8-4)64-84-71(76)58-54-50-46-42-40-36-34-32-30-26-22-18-14-10-6-2/h19-21,23-25,31-34,67-69,74H,5-18,22,26-30,35-66H2,1-4H3,(H,79,80)(H,81,82)/b23-19-,24-20-,25-21-,33-31-,34-32-. The minimum atomic E-state index is -4.97. The predicted molar refractivity (Wildman–Crippen MR) is 372 cm³/mol. The number of aliphatic hydroxyl groups is 1. The summed E-state index contributed by atoms with van der Waals surface area (Å²) in [5.41, 5.74) is 0. The van der Waals surface area contributed by atoms with Crippen LogP contribution in [0.2, 0.25) is 0 Å². The van der Waals surface area contributed by atoms with Gasteiger partial charge in [-0.3, -0.25) is 37.3 Å². The van der Waals surface area contributed by atoms with Crippen molar-refractivity contribution in [2.24, 2.45) is 0 Å². The van der Waals surface area contributed by atoms with E-state index in [1.54, 1.807) is 0 Å². The van der Waals surface area contributed by atoms with E-state index in [1.165, 1.54) is 83.5 Å². The van der Waals surface area contributed by atoms with Gasteiger partial charge in [-0.2, -0.15) is 0 Å². The van der Waals surface area contributed by atoms with E-state index in [-0.39, 0.29) is 25.7 Å². The summed E-state index contributed by atoms with van der Waals surface area (Å²) in [7, 11) is -9.93. The van der Waals surface area contributed by atoms with Gasteiger partial charge in [0.25, 0.3) is 0 Å². The molecule has 0 bridgehead atoms. The Balaban J connectivity index is 5.29. The van der Waals surface area contributed by atoms with E-state index >= 15 is 0 Å². The number of phosphoric ester groups is 2. The van der Waals surface area contributed by atoms with E-state index in [4.69, 9.17) is 37.0 Å². The molecule has 0 amide bonds. The second kappa shape index (κ2) is 66.4. The Labute approximate surface area is 559 Å². The number of unbranched alkanes of at least 4 members (excludes halogenated alkanes) is 33. The Morgan fingerprint density at radius 2 is 0.543 bits per heavy atom. The molecule has 0 aliphatic carbocycles. The highest BCUT2D eigenvalue weighted by atomic mass is 31.2. The van der Waals surface area contributed by atoms with Crippen molar-refractivity contribution < 1.29 is 80.2 Å². The van der Waals surface area contributed by atoms with Gasteiger partial charge in [0.05, 0.1) is 26.4 Å². The van der Waals surface area contributed by atoms with Crippen molar-refractivity contribution in [3.8, 4) is 0 Å². The van der Waals surface area contributed by atoms with E-state index < -0.39 is 97.5 Å². The Morgan fingerprint density at radius 3 is 0.870 bits per heavy atom. The average molecular weight is 1340 g/mol. The zero-order valence-electron chi connectivity index (χ0n) is 58.2. The third-order valence-electron chi connectivity index (χ3n) is 15.4. The minimum Gasteiger partial charge on any atom is -0.462 e. The summed E-state index contributed by atoms with van der Waals surface area (Å²) in [4.78, 5) is 72.6. The van der Waals surface area contributed by atoms with Crippen LogP contribution in [0.1, 0.15) is 323 Å². The molecule has 0 fully saturated rings. The minimum absolute atomic E-state index is 0.0841. The highest BCUT2D eigenvalue weighted by Gasteiger charge is 2.30. The first-order valence-corrected chi connectivity index (χ1v) is 39.5. The SMILES string of the molecule is CCCC/C=C\CCCCCCCC(=O)OC(COC(=O)CCCCCCC/C=C\C/C=C\CCCCC)COP(=O)(O)OCC(O)COP(=O)(O)OCC(COC(=O)CCCCCCC/C=C\CCCCCCCC)OC(=O)CCCCCCC/C=C\CCCC. The third-order valence-corrected chi connectivity index (χ3v) is 17.3. The van der Waals surface area contributed by atoms with Gasteiger partial charge in [0.1, 0.15) is 19.3 Å². The van der Waals surface area contributed by atoms with Gasteiger partial charge in [-0.05, 0) is 122 Å². The molecule has 0 aliphatic heterocycles. The molecule has 536 valence electrons. The Hall–Kier alpha value is -3.24. The Morgan fingerprint density at radius 1 is 0.304 bits per heavy atom. The number of allylic oxidation sites excluding steroid dienone is 10. The maximum Gasteiger partial charge on any atom is 0.472 e. The van der Waals surface area contributed by atoms with Crippen LogP contribution in [0, 0.1) is 0 Å². The monoisotopic (exact) mass is 1340 g/mol. The van der Waals surface area contributed by atoms with Crippen LogP contribution in [0.15, 0.2) is 60.8 Å². The summed E-state index contributed by atoms with van der Waals surface area (Å²) in [5, 5.41) is 10.6. The van der Waals surface area contributed by atoms with Gasteiger partial charge in [-0.1, -0.05) is 236 Å². The molecule has 0 aromatic carbocycles. The van der Waals surface area contributed by atoms with Crippen molar-refractivity contribution in [3.05, 3.63) is 60.8 Å². The van der Waals surface area contributed by atoms with Gasteiger partial charge in [0.15, 0.2) is 12.2 Å². The molecular formula is C73H132O17P2.